The minimum Gasteiger partial charge on any atom is -0.370 e. The molecule has 112 valence electrons. The zero-order valence-electron chi connectivity index (χ0n) is 12.4. The number of H-pyrrole nitrogens is 1. The second-order valence-electron chi connectivity index (χ2n) is 6.14. The molecule has 3 heterocycles. The average molecular weight is 294 g/mol. The van der Waals surface area contributed by atoms with E-state index in [0.29, 0.717) is 17.4 Å². The molecule has 1 aliphatic heterocycles. The summed E-state index contributed by atoms with van der Waals surface area (Å²) in [7, 11) is 0. The quantitative estimate of drug-likeness (QED) is 0.939. The molecule has 0 amide bonds. The molecule has 0 bridgehead atoms. The SMILES string of the molecule is N#Cc1cnccc1N1CCCC(c2n[nH]c(C3CC3)n2)C1. The smallest absolute Gasteiger partial charge is 0.155 e. The summed E-state index contributed by atoms with van der Waals surface area (Å²) in [5, 5.41) is 16.8. The van der Waals surface area contributed by atoms with E-state index < -0.39 is 0 Å². The summed E-state index contributed by atoms with van der Waals surface area (Å²) in [6.07, 6.45) is 8.03. The molecule has 1 atom stereocenters. The highest BCUT2D eigenvalue weighted by Crippen LogP contribution is 2.38. The van der Waals surface area contributed by atoms with Crippen molar-refractivity contribution in [3.05, 3.63) is 35.7 Å². The van der Waals surface area contributed by atoms with Crippen LogP contribution in [0, 0.1) is 11.3 Å². The first-order valence-corrected chi connectivity index (χ1v) is 7.86. The fraction of sp³-hybridized carbons (Fsp3) is 0.500. The van der Waals surface area contributed by atoms with E-state index in [1.54, 1.807) is 12.4 Å². The van der Waals surface area contributed by atoms with Gasteiger partial charge in [0, 0.05) is 37.3 Å². The molecule has 22 heavy (non-hydrogen) atoms. The van der Waals surface area contributed by atoms with Gasteiger partial charge in [-0.1, -0.05) is 0 Å². The number of anilines is 1. The lowest BCUT2D eigenvalue weighted by atomic mass is 9.96. The summed E-state index contributed by atoms with van der Waals surface area (Å²) in [5.41, 5.74) is 1.61. The number of piperidine rings is 1. The van der Waals surface area contributed by atoms with Crippen molar-refractivity contribution in [2.24, 2.45) is 0 Å². The predicted molar refractivity (Wildman–Crippen MR) is 81.5 cm³/mol. The number of aromatic amines is 1. The Kier molecular flexibility index (Phi) is 3.26. The summed E-state index contributed by atoms with van der Waals surface area (Å²) in [6, 6.07) is 4.16. The van der Waals surface area contributed by atoms with Gasteiger partial charge in [-0.15, -0.1) is 0 Å². The van der Waals surface area contributed by atoms with Gasteiger partial charge < -0.3 is 4.90 Å². The zero-order chi connectivity index (χ0) is 14.9. The molecule has 6 heteroatoms. The van der Waals surface area contributed by atoms with E-state index in [-0.39, 0.29) is 0 Å². The van der Waals surface area contributed by atoms with Gasteiger partial charge in [0.25, 0.3) is 0 Å². The maximum Gasteiger partial charge on any atom is 0.155 e. The van der Waals surface area contributed by atoms with E-state index in [0.717, 1.165) is 43.3 Å². The summed E-state index contributed by atoms with van der Waals surface area (Å²) in [4.78, 5) is 11.0. The lowest BCUT2D eigenvalue weighted by molar-refractivity contribution is 0.492. The lowest BCUT2D eigenvalue weighted by Crippen LogP contribution is -2.35. The summed E-state index contributed by atoms with van der Waals surface area (Å²) in [5.74, 6) is 2.91. The molecule has 0 aromatic carbocycles. The summed E-state index contributed by atoms with van der Waals surface area (Å²) < 4.78 is 0. The van der Waals surface area contributed by atoms with Crippen LogP contribution in [0.1, 0.15) is 54.7 Å². The maximum absolute atomic E-state index is 9.26. The highest BCUT2D eigenvalue weighted by atomic mass is 15.2. The molecular formula is C16H18N6. The molecule has 2 aromatic heterocycles. The molecule has 1 unspecified atom stereocenters. The number of nitrogens with one attached hydrogen (secondary N) is 1. The fourth-order valence-corrected chi connectivity index (χ4v) is 3.17. The number of hydrogen-bond acceptors (Lipinski definition) is 5. The number of nitrogens with zero attached hydrogens (tertiary/aromatic N) is 5. The molecule has 0 spiro atoms. The third-order valence-electron chi connectivity index (χ3n) is 4.53. The van der Waals surface area contributed by atoms with Gasteiger partial charge in [-0.2, -0.15) is 10.4 Å². The van der Waals surface area contributed by atoms with Crippen LogP contribution in [0.25, 0.3) is 0 Å². The third kappa shape index (κ3) is 2.43. The van der Waals surface area contributed by atoms with Gasteiger partial charge in [0.2, 0.25) is 0 Å². The molecular weight excluding hydrogens is 276 g/mol. The molecule has 1 aliphatic carbocycles. The Balaban J connectivity index is 1.55. The van der Waals surface area contributed by atoms with Crippen molar-refractivity contribution >= 4 is 5.69 Å². The molecule has 1 saturated carbocycles. The van der Waals surface area contributed by atoms with E-state index in [2.05, 4.69) is 26.2 Å². The summed E-state index contributed by atoms with van der Waals surface area (Å²) in [6.45, 7) is 1.83. The Morgan fingerprint density at radius 2 is 2.18 bits per heavy atom. The zero-order valence-corrected chi connectivity index (χ0v) is 12.4. The van der Waals surface area contributed by atoms with E-state index >= 15 is 0 Å². The molecule has 2 aromatic rings. The standard InChI is InChI=1S/C16H18N6/c17-8-13-9-18-6-5-14(13)22-7-1-2-12(10-22)16-19-15(20-21-16)11-3-4-11/h5-6,9,11-12H,1-4,7,10H2,(H,19,20,21). The van der Waals surface area contributed by atoms with Gasteiger partial charge in [0.15, 0.2) is 5.82 Å². The third-order valence-corrected chi connectivity index (χ3v) is 4.53. The lowest BCUT2D eigenvalue weighted by Gasteiger charge is -2.33. The van der Waals surface area contributed by atoms with Crippen molar-refractivity contribution in [2.75, 3.05) is 18.0 Å². The van der Waals surface area contributed by atoms with Crippen molar-refractivity contribution in [2.45, 2.75) is 37.5 Å². The number of hydrogen-bond donors (Lipinski definition) is 1. The molecule has 2 aliphatic rings. The molecule has 6 nitrogen and oxygen atoms in total. The van der Waals surface area contributed by atoms with Gasteiger partial charge >= 0.3 is 0 Å². The Labute approximate surface area is 129 Å². The van der Waals surface area contributed by atoms with Crippen molar-refractivity contribution in [1.82, 2.24) is 20.2 Å². The first-order chi connectivity index (χ1) is 10.8. The van der Waals surface area contributed by atoms with Crippen molar-refractivity contribution in [3.63, 3.8) is 0 Å². The van der Waals surface area contributed by atoms with Crippen molar-refractivity contribution < 1.29 is 0 Å². The Bertz CT molecular complexity index is 711. The van der Waals surface area contributed by atoms with E-state index in [4.69, 9.17) is 4.98 Å². The van der Waals surface area contributed by atoms with E-state index in [1.807, 2.05) is 6.07 Å². The average Bonchev–Trinajstić information content (AvgIpc) is 3.32. The Hall–Kier alpha value is -2.42. The van der Waals surface area contributed by atoms with Crippen molar-refractivity contribution in [3.8, 4) is 6.07 Å². The number of nitriles is 1. The van der Waals surface area contributed by atoms with Gasteiger partial charge in [-0.25, -0.2) is 4.98 Å². The van der Waals surface area contributed by atoms with Crippen LogP contribution >= 0.6 is 0 Å². The van der Waals surface area contributed by atoms with Gasteiger partial charge in [-0.3, -0.25) is 10.1 Å². The molecule has 1 saturated heterocycles. The van der Waals surface area contributed by atoms with Crippen LogP contribution in [-0.4, -0.2) is 33.3 Å². The number of aromatic nitrogens is 4. The molecule has 0 radical (unpaired) electrons. The highest BCUT2D eigenvalue weighted by Gasteiger charge is 2.30. The molecule has 1 N–H and O–H groups in total. The van der Waals surface area contributed by atoms with Crippen LogP contribution in [0.2, 0.25) is 0 Å². The van der Waals surface area contributed by atoms with Gasteiger partial charge in [-0.05, 0) is 31.7 Å². The molecule has 4 rings (SSSR count). The largest absolute Gasteiger partial charge is 0.370 e. The minimum absolute atomic E-state index is 0.331. The number of pyridine rings is 1. The fourth-order valence-electron chi connectivity index (χ4n) is 3.17. The van der Waals surface area contributed by atoms with E-state index in [9.17, 15) is 5.26 Å². The Morgan fingerprint density at radius 1 is 1.27 bits per heavy atom. The first kappa shape index (κ1) is 13.3. The second-order valence-corrected chi connectivity index (χ2v) is 6.14. The van der Waals surface area contributed by atoms with Crippen molar-refractivity contribution in [1.29, 1.82) is 5.26 Å². The first-order valence-electron chi connectivity index (χ1n) is 7.86. The van der Waals surface area contributed by atoms with Crippen LogP contribution in [0.5, 0.6) is 0 Å². The second kappa shape index (κ2) is 5.41. The normalized spacial score (nSPS) is 21.6. The van der Waals surface area contributed by atoms with E-state index in [1.165, 1.54) is 12.8 Å². The summed E-state index contributed by atoms with van der Waals surface area (Å²) >= 11 is 0. The molecule has 2 fully saturated rings. The number of rotatable bonds is 3. The minimum atomic E-state index is 0.331. The predicted octanol–water partition coefficient (Wildman–Crippen LogP) is 2.33. The van der Waals surface area contributed by atoms with Crippen LogP contribution in [0.3, 0.4) is 0 Å². The Morgan fingerprint density at radius 3 is 3.00 bits per heavy atom. The van der Waals surface area contributed by atoms with Crippen LogP contribution in [-0.2, 0) is 0 Å². The monoisotopic (exact) mass is 294 g/mol. The topological polar surface area (TPSA) is 81.5 Å². The van der Waals surface area contributed by atoms with Gasteiger partial charge in [0.1, 0.15) is 11.9 Å². The maximum atomic E-state index is 9.26. The van der Waals surface area contributed by atoms with Gasteiger partial charge in [0.05, 0.1) is 11.3 Å². The van der Waals surface area contributed by atoms with Crippen LogP contribution in [0.4, 0.5) is 5.69 Å². The van der Waals surface area contributed by atoms with Crippen LogP contribution in [0.15, 0.2) is 18.5 Å². The highest BCUT2D eigenvalue weighted by molar-refractivity contribution is 5.58. The van der Waals surface area contributed by atoms with Crippen LogP contribution < -0.4 is 4.90 Å².